The lowest BCUT2D eigenvalue weighted by atomic mass is 10.2. The van der Waals surface area contributed by atoms with Gasteiger partial charge in [0.05, 0.1) is 13.0 Å². The number of carbonyl (C=O) groups excluding carboxylic acids is 2. The lowest BCUT2D eigenvalue weighted by Gasteiger charge is -2.18. The molecule has 2 rings (SSSR count). The van der Waals surface area contributed by atoms with E-state index in [0.29, 0.717) is 5.02 Å². The van der Waals surface area contributed by atoms with E-state index < -0.39 is 24.4 Å². The molecule has 0 bridgehead atoms. The molecule has 7 heteroatoms. The summed E-state index contributed by atoms with van der Waals surface area (Å²) in [6.07, 6.45) is -0.0125. The molecule has 2 atom stereocenters. The highest BCUT2D eigenvalue weighted by molar-refractivity contribution is 6.30. The molecule has 0 spiro atoms. The number of ether oxygens (including phenoxy) is 3. The van der Waals surface area contributed by atoms with Crippen LogP contribution in [0.3, 0.4) is 0 Å². The van der Waals surface area contributed by atoms with Crippen molar-refractivity contribution in [3.8, 4) is 0 Å². The van der Waals surface area contributed by atoms with Crippen molar-refractivity contribution < 1.29 is 23.8 Å². The second kappa shape index (κ2) is 7.82. The molecule has 0 saturated carbocycles. The van der Waals surface area contributed by atoms with E-state index in [1.165, 1.54) is 6.08 Å². The van der Waals surface area contributed by atoms with Gasteiger partial charge in [0.2, 0.25) is 6.29 Å². The van der Waals surface area contributed by atoms with Gasteiger partial charge in [0.1, 0.15) is 12.6 Å². The van der Waals surface area contributed by atoms with E-state index >= 15 is 0 Å². The number of cyclic esters (lactones) is 1. The molecule has 0 radical (unpaired) electrons. The first kappa shape index (κ1) is 16.3. The normalized spacial score (nSPS) is 20.3. The Kier molecular flexibility index (Phi) is 5.80. The quantitative estimate of drug-likeness (QED) is 0.642. The molecule has 1 N–H and O–H groups in total. The maximum Gasteiger partial charge on any atom is 0.407 e. The predicted octanol–water partition coefficient (Wildman–Crippen LogP) is 2.41. The second-order valence-corrected chi connectivity index (χ2v) is 5.07. The first-order valence-electron chi connectivity index (χ1n) is 6.68. The number of hydrogen-bond donors (Lipinski definition) is 1. The van der Waals surface area contributed by atoms with Gasteiger partial charge in [-0.05, 0) is 17.7 Å². The van der Waals surface area contributed by atoms with Gasteiger partial charge in [0.25, 0.3) is 0 Å². The van der Waals surface area contributed by atoms with Crippen LogP contribution >= 0.6 is 11.6 Å². The molecule has 1 aliphatic heterocycles. The van der Waals surface area contributed by atoms with Gasteiger partial charge in [0, 0.05) is 5.02 Å². The largest absolute Gasteiger partial charge is 0.445 e. The van der Waals surface area contributed by atoms with Crippen LogP contribution in [0.15, 0.2) is 36.9 Å². The van der Waals surface area contributed by atoms with Gasteiger partial charge in [-0.2, -0.15) is 0 Å². The predicted molar refractivity (Wildman–Crippen MR) is 79.2 cm³/mol. The minimum absolute atomic E-state index is 0.0362. The summed E-state index contributed by atoms with van der Waals surface area (Å²) < 4.78 is 15.4. The smallest absolute Gasteiger partial charge is 0.407 e. The highest BCUT2D eigenvalue weighted by atomic mass is 35.5. The zero-order chi connectivity index (χ0) is 15.9. The fraction of sp³-hybridized carbons (Fsp3) is 0.333. The molecule has 6 nitrogen and oxygen atoms in total. The van der Waals surface area contributed by atoms with Crippen molar-refractivity contribution in [1.82, 2.24) is 5.32 Å². The first-order chi connectivity index (χ1) is 10.6. The van der Waals surface area contributed by atoms with Crippen LogP contribution in [0.2, 0.25) is 5.02 Å². The van der Waals surface area contributed by atoms with Gasteiger partial charge in [-0.15, -0.1) is 0 Å². The van der Waals surface area contributed by atoms with Gasteiger partial charge in [-0.3, -0.25) is 4.79 Å². The van der Waals surface area contributed by atoms with E-state index in [-0.39, 0.29) is 19.6 Å². The number of esters is 1. The van der Waals surface area contributed by atoms with E-state index in [2.05, 4.69) is 11.9 Å². The maximum atomic E-state index is 11.5. The lowest BCUT2D eigenvalue weighted by molar-refractivity contribution is -0.167. The molecule has 1 aromatic rings. The van der Waals surface area contributed by atoms with E-state index in [4.69, 9.17) is 25.8 Å². The monoisotopic (exact) mass is 325 g/mol. The molecular weight excluding hydrogens is 310 g/mol. The third kappa shape index (κ3) is 4.75. The van der Waals surface area contributed by atoms with Crippen LogP contribution in [0.4, 0.5) is 4.79 Å². The highest BCUT2D eigenvalue weighted by Gasteiger charge is 2.37. The summed E-state index contributed by atoms with van der Waals surface area (Å²) >= 11 is 5.80. The van der Waals surface area contributed by atoms with Crippen molar-refractivity contribution in [3.63, 3.8) is 0 Å². The molecule has 1 aromatic carbocycles. The summed E-state index contributed by atoms with van der Waals surface area (Å²) in [5, 5.41) is 3.16. The van der Waals surface area contributed by atoms with Crippen LogP contribution in [0.1, 0.15) is 12.0 Å². The Labute approximate surface area is 133 Å². The minimum Gasteiger partial charge on any atom is -0.445 e. The fourth-order valence-corrected chi connectivity index (χ4v) is 2.02. The van der Waals surface area contributed by atoms with Crippen molar-refractivity contribution in [1.29, 1.82) is 0 Å². The van der Waals surface area contributed by atoms with Crippen LogP contribution in [0.5, 0.6) is 0 Å². The molecule has 0 aromatic heterocycles. The Morgan fingerprint density at radius 1 is 1.45 bits per heavy atom. The number of rotatable bonds is 6. The summed E-state index contributed by atoms with van der Waals surface area (Å²) in [6, 6.07) is 6.50. The van der Waals surface area contributed by atoms with Crippen molar-refractivity contribution in [2.24, 2.45) is 0 Å². The molecule has 118 valence electrons. The van der Waals surface area contributed by atoms with Crippen LogP contribution < -0.4 is 5.32 Å². The van der Waals surface area contributed by atoms with Crippen molar-refractivity contribution in [2.75, 3.05) is 6.61 Å². The fourth-order valence-electron chi connectivity index (χ4n) is 1.89. The third-order valence-electron chi connectivity index (χ3n) is 2.93. The average Bonchev–Trinajstić information content (AvgIpc) is 2.84. The number of alkyl carbamates (subject to hydrolysis) is 1. The summed E-state index contributed by atoms with van der Waals surface area (Å²) in [5.41, 5.74) is 0.875. The molecule has 1 amide bonds. The number of amides is 1. The van der Waals surface area contributed by atoms with Crippen molar-refractivity contribution in [2.45, 2.75) is 25.4 Å². The molecule has 1 heterocycles. The summed E-state index contributed by atoms with van der Waals surface area (Å²) in [6.45, 7) is 3.76. The highest BCUT2D eigenvalue weighted by Crippen LogP contribution is 2.19. The average molecular weight is 326 g/mol. The molecule has 22 heavy (non-hydrogen) atoms. The van der Waals surface area contributed by atoms with E-state index in [1.807, 2.05) is 0 Å². The van der Waals surface area contributed by atoms with Crippen LogP contribution in [-0.4, -0.2) is 31.0 Å². The minimum atomic E-state index is -0.848. The summed E-state index contributed by atoms with van der Waals surface area (Å²) in [7, 11) is 0. The van der Waals surface area contributed by atoms with Gasteiger partial charge in [0.15, 0.2) is 0 Å². The Bertz CT molecular complexity index is 545. The van der Waals surface area contributed by atoms with Crippen molar-refractivity contribution in [3.05, 3.63) is 47.5 Å². The second-order valence-electron chi connectivity index (χ2n) is 4.64. The van der Waals surface area contributed by atoms with Gasteiger partial charge in [-0.25, -0.2) is 4.79 Å². The SMILES string of the molecule is C=CCOC(=O)N[C@H]1CC(=O)O[C@@H]1OCc1ccc(Cl)cc1. The summed E-state index contributed by atoms with van der Waals surface area (Å²) in [4.78, 5) is 22.9. The standard InChI is InChI=1S/C15H16ClNO5/c1-2-7-20-15(19)17-12-8-13(18)22-14(12)21-9-10-3-5-11(16)6-4-10/h2-6,12,14H,1,7-9H2,(H,17,19)/t12-,14-/m0/s1. The number of halogens is 1. The van der Waals surface area contributed by atoms with Crippen LogP contribution in [0.25, 0.3) is 0 Å². The Morgan fingerprint density at radius 3 is 2.86 bits per heavy atom. The molecule has 1 saturated heterocycles. The number of benzene rings is 1. The summed E-state index contributed by atoms with van der Waals surface area (Å²) in [5.74, 6) is -0.435. The number of nitrogens with one attached hydrogen (secondary N) is 1. The number of carbonyl (C=O) groups is 2. The molecule has 0 unspecified atom stereocenters. The third-order valence-corrected chi connectivity index (χ3v) is 3.18. The Hall–Kier alpha value is -2.05. The Balaban J connectivity index is 1.87. The molecular formula is C15H16ClNO5. The van der Waals surface area contributed by atoms with Crippen LogP contribution in [0, 0.1) is 0 Å². The Morgan fingerprint density at radius 2 is 2.18 bits per heavy atom. The zero-order valence-electron chi connectivity index (χ0n) is 11.8. The lowest BCUT2D eigenvalue weighted by Crippen LogP contribution is -2.41. The van der Waals surface area contributed by atoms with E-state index in [0.717, 1.165) is 5.56 Å². The molecule has 1 fully saturated rings. The van der Waals surface area contributed by atoms with Gasteiger partial charge < -0.3 is 19.5 Å². The zero-order valence-corrected chi connectivity index (χ0v) is 12.5. The van der Waals surface area contributed by atoms with E-state index in [9.17, 15) is 9.59 Å². The van der Waals surface area contributed by atoms with Crippen molar-refractivity contribution >= 4 is 23.7 Å². The van der Waals surface area contributed by atoms with Crippen LogP contribution in [-0.2, 0) is 25.6 Å². The number of hydrogen-bond acceptors (Lipinski definition) is 5. The molecule has 1 aliphatic rings. The van der Waals surface area contributed by atoms with E-state index in [1.54, 1.807) is 24.3 Å². The van der Waals surface area contributed by atoms with Gasteiger partial charge >= 0.3 is 12.1 Å². The molecule has 0 aliphatic carbocycles. The topological polar surface area (TPSA) is 73.9 Å². The van der Waals surface area contributed by atoms with Gasteiger partial charge in [-0.1, -0.05) is 36.4 Å². The maximum absolute atomic E-state index is 11.5. The first-order valence-corrected chi connectivity index (χ1v) is 7.06.